The Labute approximate surface area is 123 Å². The number of nitrogens with zero attached hydrogens (tertiary/aromatic N) is 2. The van der Waals surface area contributed by atoms with Crippen LogP contribution in [0.2, 0.25) is 0 Å². The molecule has 2 aromatic rings. The SMILES string of the molecule is Cc1ccn2cc(C(=O)NCCCNS(C)(=O)=O)nc2c1. The van der Waals surface area contributed by atoms with Crippen molar-refractivity contribution < 1.29 is 13.2 Å². The van der Waals surface area contributed by atoms with E-state index in [2.05, 4.69) is 15.0 Å². The summed E-state index contributed by atoms with van der Waals surface area (Å²) in [7, 11) is -3.18. The molecular weight excluding hydrogens is 292 g/mol. The van der Waals surface area contributed by atoms with Gasteiger partial charge in [-0.3, -0.25) is 4.79 Å². The number of aryl methyl sites for hydroxylation is 1. The predicted molar refractivity (Wildman–Crippen MR) is 79.7 cm³/mol. The summed E-state index contributed by atoms with van der Waals surface area (Å²) in [4.78, 5) is 16.2. The van der Waals surface area contributed by atoms with E-state index in [0.717, 1.165) is 17.5 Å². The van der Waals surface area contributed by atoms with Crippen molar-refractivity contribution in [2.45, 2.75) is 13.3 Å². The van der Waals surface area contributed by atoms with Crippen LogP contribution >= 0.6 is 0 Å². The topological polar surface area (TPSA) is 92.6 Å². The van der Waals surface area contributed by atoms with Crippen LogP contribution in [0.3, 0.4) is 0 Å². The van der Waals surface area contributed by atoms with Gasteiger partial charge in [-0.2, -0.15) is 0 Å². The number of aromatic nitrogens is 2. The lowest BCUT2D eigenvalue weighted by Gasteiger charge is -2.03. The summed E-state index contributed by atoms with van der Waals surface area (Å²) >= 11 is 0. The summed E-state index contributed by atoms with van der Waals surface area (Å²) in [5.74, 6) is -0.268. The average Bonchev–Trinajstić information content (AvgIpc) is 2.79. The number of fused-ring (bicyclic) bond motifs is 1. The van der Waals surface area contributed by atoms with Gasteiger partial charge < -0.3 is 9.72 Å². The number of hydrogen-bond acceptors (Lipinski definition) is 4. The first-order chi connectivity index (χ1) is 9.85. The zero-order valence-corrected chi connectivity index (χ0v) is 12.8. The van der Waals surface area contributed by atoms with Crippen molar-refractivity contribution in [3.05, 3.63) is 35.8 Å². The first-order valence-electron chi connectivity index (χ1n) is 6.53. The molecule has 0 aliphatic rings. The van der Waals surface area contributed by atoms with Gasteiger partial charge in [0.05, 0.1) is 6.26 Å². The van der Waals surface area contributed by atoms with Crippen molar-refractivity contribution in [3.63, 3.8) is 0 Å². The number of pyridine rings is 1. The van der Waals surface area contributed by atoms with Gasteiger partial charge >= 0.3 is 0 Å². The maximum absolute atomic E-state index is 11.9. The van der Waals surface area contributed by atoms with Crippen LogP contribution in [0, 0.1) is 6.92 Å². The maximum atomic E-state index is 11.9. The van der Waals surface area contributed by atoms with Gasteiger partial charge in [-0.05, 0) is 31.0 Å². The minimum absolute atomic E-state index is 0.268. The Hall–Kier alpha value is -1.93. The molecule has 0 radical (unpaired) electrons. The van der Waals surface area contributed by atoms with Crippen LogP contribution in [0.1, 0.15) is 22.5 Å². The third-order valence-electron chi connectivity index (χ3n) is 2.85. The second-order valence-corrected chi connectivity index (χ2v) is 6.70. The van der Waals surface area contributed by atoms with Gasteiger partial charge in [0.1, 0.15) is 11.3 Å². The molecule has 7 nitrogen and oxygen atoms in total. The highest BCUT2D eigenvalue weighted by Gasteiger charge is 2.10. The van der Waals surface area contributed by atoms with E-state index in [9.17, 15) is 13.2 Å². The van der Waals surface area contributed by atoms with Crippen LogP contribution in [0.5, 0.6) is 0 Å². The lowest BCUT2D eigenvalue weighted by Crippen LogP contribution is -2.29. The average molecular weight is 310 g/mol. The molecule has 114 valence electrons. The molecule has 0 atom stereocenters. The van der Waals surface area contributed by atoms with E-state index in [1.54, 1.807) is 10.6 Å². The molecule has 0 bridgehead atoms. The van der Waals surface area contributed by atoms with Crippen LogP contribution in [0.25, 0.3) is 5.65 Å². The highest BCUT2D eigenvalue weighted by molar-refractivity contribution is 7.88. The summed E-state index contributed by atoms with van der Waals surface area (Å²) in [6, 6.07) is 3.83. The molecule has 0 spiro atoms. The number of amides is 1. The molecule has 1 amide bonds. The maximum Gasteiger partial charge on any atom is 0.271 e. The second kappa shape index (κ2) is 6.23. The lowest BCUT2D eigenvalue weighted by atomic mass is 10.3. The first kappa shape index (κ1) is 15.5. The van der Waals surface area contributed by atoms with Crippen LogP contribution in [-0.2, 0) is 10.0 Å². The number of carbonyl (C=O) groups excluding carboxylic acids is 1. The minimum atomic E-state index is -3.18. The zero-order chi connectivity index (χ0) is 15.5. The molecule has 0 aromatic carbocycles. The van der Waals surface area contributed by atoms with E-state index in [1.165, 1.54) is 0 Å². The molecule has 21 heavy (non-hydrogen) atoms. The summed E-state index contributed by atoms with van der Waals surface area (Å²) in [6.07, 6.45) is 5.14. The Balaban J connectivity index is 1.87. The van der Waals surface area contributed by atoms with Gasteiger partial charge in [-0.15, -0.1) is 0 Å². The molecule has 8 heteroatoms. The number of carbonyl (C=O) groups is 1. The van der Waals surface area contributed by atoms with E-state index >= 15 is 0 Å². The van der Waals surface area contributed by atoms with E-state index in [0.29, 0.717) is 25.2 Å². The Kier molecular flexibility index (Phi) is 4.59. The van der Waals surface area contributed by atoms with Gasteiger partial charge in [-0.25, -0.2) is 18.1 Å². The quantitative estimate of drug-likeness (QED) is 0.751. The number of sulfonamides is 1. The third-order valence-corrected chi connectivity index (χ3v) is 3.58. The molecule has 0 unspecified atom stereocenters. The molecular formula is C13H18N4O3S. The van der Waals surface area contributed by atoms with Crippen molar-refractivity contribution >= 4 is 21.6 Å². The fourth-order valence-electron chi connectivity index (χ4n) is 1.83. The summed E-state index contributed by atoms with van der Waals surface area (Å²) < 4.78 is 25.9. The molecule has 2 rings (SSSR count). The monoisotopic (exact) mass is 310 g/mol. The van der Waals surface area contributed by atoms with E-state index in [4.69, 9.17) is 0 Å². The lowest BCUT2D eigenvalue weighted by molar-refractivity contribution is 0.0949. The van der Waals surface area contributed by atoms with Gasteiger partial charge in [-0.1, -0.05) is 0 Å². The number of rotatable bonds is 6. The molecule has 0 aliphatic carbocycles. The second-order valence-electron chi connectivity index (χ2n) is 4.87. The Morgan fingerprint density at radius 2 is 2.14 bits per heavy atom. The van der Waals surface area contributed by atoms with E-state index in [-0.39, 0.29) is 5.91 Å². The van der Waals surface area contributed by atoms with Crippen LogP contribution < -0.4 is 10.0 Å². The summed E-state index contributed by atoms with van der Waals surface area (Å²) in [5.41, 5.74) is 2.14. The highest BCUT2D eigenvalue weighted by atomic mass is 32.2. The van der Waals surface area contributed by atoms with Gasteiger partial charge in [0.25, 0.3) is 5.91 Å². The number of imidazole rings is 1. The molecule has 0 saturated carbocycles. The van der Waals surface area contributed by atoms with Crippen molar-refractivity contribution in [2.75, 3.05) is 19.3 Å². The molecule has 0 saturated heterocycles. The normalized spacial score (nSPS) is 11.7. The van der Waals surface area contributed by atoms with Crippen molar-refractivity contribution in [1.29, 1.82) is 0 Å². The van der Waals surface area contributed by atoms with Crippen LogP contribution in [0.4, 0.5) is 0 Å². The predicted octanol–water partition coefficient (Wildman–Crippen LogP) is 0.312. The van der Waals surface area contributed by atoms with Crippen LogP contribution in [0.15, 0.2) is 24.5 Å². The summed E-state index contributed by atoms with van der Waals surface area (Å²) in [5, 5.41) is 2.71. The molecule has 0 aliphatic heterocycles. The van der Waals surface area contributed by atoms with Gasteiger partial charge in [0.15, 0.2) is 0 Å². The van der Waals surface area contributed by atoms with Gasteiger partial charge in [0, 0.05) is 25.5 Å². The fraction of sp³-hybridized carbons (Fsp3) is 0.385. The molecule has 2 heterocycles. The third kappa shape index (κ3) is 4.54. The number of nitrogens with one attached hydrogen (secondary N) is 2. The van der Waals surface area contributed by atoms with Crippen LogP contribution in [-0.4, -0.2) is 43.1 Å². The molecule has 2 N–H and O–H groups in total. The minimum Gasteiger partial charge on any atom is -0.351 e. The standard InChI is InChI=1S/C13H18N4O3S/c1-10-4-7-17-9-11(16-12(17)8-10)13(18)14-5-3-6-15-21(2,19)20/h4,7-9,15H,3,5-6H2,1-2H3,(H,14,18). The Morgan fingerprint density at radius 3 is 2.86 bits per heavy atom. The van der Waals surface area contributed by atoms with Crippen molar-refractivity contribution in [1.82, 2.24) is 19.4 Å². The van der Waals surface area contributed by atoms with Crippen molar-refractivity contribution in [3.8, 4) is 0 Å². The zero-order valence-electron chi connectivity index (χ0n) is 12.0. The van der Waals surface area contributed by atoms with E-state index in [1.807, 2.05) is 25.3 Å². The summed E-state index contributed by atoms with van der Waals surface area (Å²) in [6.45, 7) is 2.64. The number of hydrogen-bond donors (Lipinski definition) is 2. The molecule has 2 aromatic heterocycles. The van der Waals surface area contributed by atoms with E-state index < -0.39 is 10.0 Å². The van der Waals surface area contributed by atoms with Gasteiger partial charge in [0.2, 0.25) is 10.0 Å². The Bertz CT molecular complexity index is 752. The van der Waals surface area contributed by atoms with Crippen molar-refractivity contribution in [2.24, 2.45) is 0 Å². The highest BCUT2D eigenvalue weighted by Crippen LogP contribution is 2.07. The first-order valence-corrected chi connectivity index (χ1v) is 8.42. The smallest absolute Gasteiger partial charge is 0.271 e. The fourth-order valence-corrected chi connectivity index (χ4v) is 2.35. The largest absolute Gasteiger partial charge is 0.351 e. The Morgan fingerprint density at radius 1 is 1.38 bits per heavy atom. The molecule has 0 fully saturated rings.